The van der Waals surface area contributed by atoms with Crippen LogP contribution in [-0.4, -0.2) is 16.1 Å². The minimum Gasteiger partial charge on any atom is -0.478 e. The molecule has 0 atom stereocenters. The lowest BCUT2D eigenvalue weighted by Crippen LogP contribution is -2.08. The fraction of sp³-hybridized carbons (Fsp3) is 0.125. The van der Waals surface area contributed by atoms with Crippen molar-refractivity contribution in [3.05, 3.63) is 22.9 Å². The van der Waals surface area contributed by atoms with Crippen LogP contribution >= 0.6 is 0 Å². The van der Waals surface area contributed by atoms with Crippen LogP contribution in [0.1, 0.15) is 28.0 Å². The predicted molar refractivity (Wildman–Crippen MR) is 45.3 cm³/mol. The highest BCUT2D eigenvalue weighted by Crippen LogP contribution is 2.23. The van der Waals surface area contributed by atoms with Gasteiger partial charge in [-0.15, -0.1) is 0 Å². The van der Waals surface area contributed by atoms with Crippen molar-refractivity contribution in [2.45, 2.75) is 6.43 Å². The van der Waals surface area contributed by atoms with E-state index in [1.807, 2.05) is 0 Å². The number of alkyl halides is 2. The number of nitrogen functional groups attached to an aromatic ring is 1. The number of hydrogen-bond donors (Lipinski definition) is 2. The second-order valence-corrected chi connectivity index (χ2v) is 2.57. The summed E-state index contributed by atoms with van der Waals surface area (Å²) in [6, 6.07) is 2.22. The number of aromatic carboxylic acids is 1. The Morgan fingerprint density at radius 2 is 2.27 bits per heavy atom. The second-order valence-electron chi connectivity index (χ2n) is 2.57. The number of anilines is 1. The van der Waals surface area contributed by atoms with E-state index in [4.69, 9.17) is 16.1 Å². The van der Waals surface area contributed by atoms with Crippen LogP contribution in [0.4, 0.5) is 14.6 Å². The maximum absolute atomic E-state index is 12.3. The molecule has 7 heteroatoms. The molecule has 1 aromatic rings. The number of pyridine rings is 1. The van der Waals surface area contributed by atoms with Crippen molar-refractivity contribution in [2.24, 2.45) is 0 Å². The minimum atomic E-state index is -2.97. The van der Waals surface area contributed by atoms with Crippen LogP contribution in [0, 0.1) is 11.3 Å². The third kappa shape index (κ3) is 1.99. The standard InChI is InChI=1S/C8H5F2N3O2/c9-6(10)5-3(2-11)1-4(8(14)15)7(12)13-5/h1,6H,(H2,12,13)(H,14,15). The molecular formula is C8H5F2N3O2. The van der Waals surface area contributed by atoms with Gasteiger partial charge in [-0.3, -0.25) is 0 Å². The maximum atomic E-state index is 12.3. The molecule has 0 saturated heterocycles. The molecule has 5 nitrogen and oxygen atoms in total. The number of nitriles is 1. The van der Waals surface area contributed by atoms with E-state index in [0.717, 1.165) is 6.07 Å². The summed E-state index contributed by atoms with van der Waals surface area (Å²) in [4.78, 5) is 13.7. The summed E-state index contributed by atoms with van der Waals surface area (Å²) in [5.41, 5.74) is 3.39. The van der Waals surface area contributed by atoms with Crippen molar-refractivity contribution in [1.29, 1.82) is 5.26 Å². The Morgan fingerprint density at radius 3 is 2.67 bits per heavy atom. The summed E-state index contributed by atoms with van der Waals surface area (Å²) >= 11 is 0. The van der Waals surface area contributed by atoms with E-state index in [2.05, 4.69) is 4.98 Å². The van der Waals surface area contributed by atoms with E-state index in [1.165, 1.54) is 6.07 Å². The third-order valence-electron chi connectivity index (χ3n) is 1.64. The summed E-state index contributed by atoms with van der Waals surface area (Å²) in [6.07, 6.45) is -2.97. The van der Waals surface area contributed by atoms with E-state index in [-0.39, 0.29) is 0 Å². The molecule has 0 aliphatic carbocycles. The first-order valence-electron chi connectivity index (χ1n) is 3.69. The van der Waals surface area contributed by atoms with Gasteiger partial charge < -0.3 is 10.8 Å². The van der Waals surface area contributed by atoms with Crippen molar-refractivity contribution in [3.8, 4) is 6.07 Å². The van der Waals surface area contributed by atoms with Gasteiger partial charge in [0.25, 0.3) is 6.43 Å². The van der Waals surface area contributed by atoms with Crippen molar-refractivity contribution >= 4 is 11.8 Å². The number of carboxylic acid groups (broad SMARTS) is 1. The first-order valence-corrected chi connectivity index (χ1v) is 3.69. The van der Waals surface area contributed by atoms with Gasteiger partial charge in [-0.25, -0.2) is 18.6 Å². The fourth-order valence-electron chi connectivity index (χ4n) is 0.970. The molecule has 0 aliphatic rings. The molecule has 0 fully saturated rings. The number of nitrogens with zero attached hydrogens (tertiary/aromatic N) is 2. The first-order chi connectivity index (χ1) is 6.97. The highest BCUT2D eigenvalue weighted by Gasteiger charge is 2.20. The molecule has 1 rings (SSSR count). The van der Waals surface area contributed by atoms with E-state index < -0.39 is 35.0 Å². The summed E-state index contributed by atoms with van der Waals surface area (Å²) < 4.78 is 24.6. The average molecular weight is 213 g/mol. The number of carboxylic acids is 1. The topological polar surface area (TPSA) is 100 Å². The normalized spacial score (nSPS) is 10.0. The van der Waals surface area contributed by atoms with Gasteiger partial charge in [0.2, 0.25) is 0 Å². The molecule has 1 heterocycles. The molecule has 0 aromatic carbocycles. The third-order valence-corrected chi connectivity index (χ3v) is 1.64. The van der Waals surface area contributed by atoms with E-state index in [0.29, 0.717) is 0 Å². The Morgan fingerprint density at radius 1 is 1.67 bits per heavy atom. The van der Waals surface area contributed by atoms with Crippen LogP contribution < -0.4 is 5.73 Å². The molecule has 0 aliphatic heterocycles. The Hall–Kier alpha value is -2.23. The summed E-state index contributed by atoms with van der Waals surface area (Å²) in [5, 5.41) is 17.1. The lowest BCUT2D eigenvalue weighted by Gasteiger charge is -2.05. The number of carbonyl (C=O) groups is 1. The molecule has 0 saturated carbocycles. The van der Waals surface area contributed by atoms with Gasteiger partial charge in [0.05, 0.1) is 5.56 Å². The van der Waals surface area contributed by atoms with Gasteiger partial charge in [0, 0.05) is 0 Å². The van der Waals surface area contributed by atoms with E-state index in [9.17, 15) is 13.6 Å². The molecule has 0 radical (unpaired) electrons. The van der Waals surface area contributed by atoms with Crippen molar-refractivity contribution in [2.75, 3.05) is 5.73 Å². The number of halogens is 2. The zero-order chi connectivity index (χ0) is 11.6. The van der Waals surface area contributed by atoms with Crippen LogP contribution in [0.5, 0.6) is 0 Å². The Labute approximate surface area is 82.8 Å². The van der Waals surface area contributed by atoms with Gasteiger partial charge in [-0.05, 0) is 6.07 Å². The fourth-order valence-corrected chi connectivity index (χ4v) is 0.970. The first kappa shape index (κ1) is 10.8. The van der Waals surface area contributed by atoms with Crippen LogP contribution in [0.3, 0.4) is 0 Å². The number of hydrogen-bond acceptors (Lipinski definition) is 4. The van der Waals surface area contributed by atoms with Crippen LogP contribution in [0.2, 0.25) is 0 Å². The van der Waals surface area contributed by atoms with Crippen LogP contribution in [-0.2, 0) is 0 Å². The van der Waals surface area contributed by atoms with E-state index >= 15 is 0 Å². The SMILES string of the molecule is N#Cc1cc(C(=O)O)c(N)nc1C(F)F. The summed E-state index contributed by atoms with van der Waals surface area (Å²) in [6.45, 7) is 0. The number of nitrogens with two attached hydrogens (primary N) is 1. The highest BCUT2D eigenvalue weighted by atomic mass is 19.3. The zero-order valence-electron chi connectivity index (χ0n) is 7.24. The summed E-state index contributed by atoms with van der Waals surface area (Å²) in [7, 11) is 0. The van der Waals surface area contributed by atoms with Crippen molar-refractivity contribution in [3.63, 3.8) is 0 Å². The molecule has 3 N–H and O–H groups in total. The van der Waals surface area contributed by atoms with Gasteiger partial charge in [0.15, 0.2) is 0 Å². The maximum Gasteiger partial charge on any atom is 0.339 e. The molecule has 78 valence electrons. The summed E-state index contributed by atoms with van der Waals surface area (Å²) in [5.74, 6) is -1.95. The van der Waals surface area contributed by atoms with Crippen molar-refractivity contribution in [1.82, 2.24) is 4.98 Å². The van der Waals surface area contributed by atoms with Crippen LogP contribution in [0.15, 0.2) is 6.07 Å². The quantitative estimate of drug-likeness (QED) is 0.767. The van der Waals surface area contributed by atoms with Crippen molar-refractivity contribution < 1.29 is 18.7 Å². The smallest absolute Gasteiger partial charge is 0.339 e. The number of rotatable bonds is 2. The molecule has 0 bridgehead atoms. The Bertz CT molecular complexity index is 454. The van der Waals surface area contributed by atoms with Gasteiger partial charge in [-0.1, -0.05) is 0 Å². The zero-order valence-corrected chi connectivity index (χ0v) is 7.24. The predicted octanol–water partition coefficient (Wildman–Crippen LogP) is 1.17. The lowest BCUT2D eigenvalue weighted by atomic mass is 10.1. The number of aromatic nitrogens is 1. The monoisotopic (exact) mass is 213 g/mol. The van der Waals surface area contributed by atoms with Gasteiger partial charge in [0.1, 0.15) is 23.1 Å². The van der Waals surface area contributed by atoms with Gasteiger partial charge >= 0.3 is 5.97 Å². The largest absolute Gasteiger partial charge is 0.478 e. The minimum absolute atomic E-state index is 0.462. The Kier molecular flexibility index (Phi) is 2.80. The molecule has 0 unspecified atom stereocenters. The molecular weight excluding hydrogens is 208 g/mol. The second kappa shape index (κ2) is 3.88. The van der Waals surface area contributed by atoms with Crippen LogP contribution in [0.25, 0.3) is 0 Å². The average Bonchev–Trinajstić information content (AvgIpc) is 2.16. The van der Waals surface area contributed by atoms with Gasteiger partial charge in [-0.2, -0.15) is 5.26 Å². The molecule has 0 amide bonds. The molecule has 0 spiro atoms. The highest BCUT2D eigenvalue weighted by molar-refractivity contribution is 5.93. The molecule has 15 heavy (non-hydrogen) atoms. The molecule has 1 aromatic heterocycles. The van der Waals surface area contributed by atoms with E-state index in [1.54, 1.807) is 0 Å². The lowest BCUT2D eigenvalue weighted by molar-refractivity contribution is 0.0697. The Balaban J connectivity index is 3.44.